The van der Waals surface area contributed by atoms with Crippen LogP contribution in [0.2, 0.25) is 0 Å². The molecule has 0 aliphatic carbocycles. The number of carbonyl (C=O) groups is 2. The van der Waals surface area contributed by atoms with Crippen LogP contribution in [-0.2, 0) is 0 Å². The van der Waals surface area contributed by atoms with Gasteiger partial charge in [0.1, 0.15) is 11.0 Å². The van der Waals surface area contributed by atoms with Gasteiger partial charge in [0.25, 0.3) is 11.8 Å². The molecule has 2 unspecified atom stereocenters. The van der Waals surface area contributed by atoms with Crippen LogP contribution in [0.5, 0.6) is 0 Å². The van der Waals surface area contributed by atoms with E-state index in [4.69, 9.17) is 25.7 Å². The molecule has 0 aliphatic rings. The molecule has 6 rings (SSSR count). The Labute approximate surface area is 255 Å². The van der Waals surface area contributed by atoms with Gasteiger partial charge in [-0.2, -0.15) is 0 Å². The Morgan fingerprint density at radius 1 is 0.614 bits per heavy atom. The summed E-state index contributed by atoms with van der Waals surface area (Å²) >= 11 is 0. The summed E-state index contributed by atoms with van der Waals surface area (Å²) in [6.45, 7) is 7.75. The number of benzene rings is 4. The number of carbonyl (C=O) groups excluding carboxylic acids is 2. The number of hydrogen-bond acceptors (Lipinski definition) is 7. The first-order valence-electron chi connectivity index (χ1n) is 14.9. The number of fused-ring (bicyclic) bond motifs is 4. The number of nitrogens with one attached hydrogen (secondary N) is 2. The second-order valence-corrected chi connectivity index (χ2v) is 11.8. The van der Waals surface area contributed by atoms with E-state index in [1.165, 1.54) is 0 Å². The van der Waals surface area contributed by atoms with E-state index in [1.807, 2.05) is 100 Å². The van der Waals surface area contributed by atoms with Crippen molar-refractivity contribution >= 4 is 55.9 Å². The van der Waals surface area contributed by atoms with E-state index in [1.54, 1.807) is 0 Å². The van der Waals surface area contributed by atoms with Crippen LogP contribution < -0.4 is 16.4 Å². The largest absolute Gasteiger partial charge is 0.349 e. The van der Waals surface area contributed by atoms with Crippen LogP contribution in [0.25, 0.3) is 44.1 Å². The molecular weight excluding hydrogens is 550 g/mol. The molecule has 0 saturated heterocycles. The molecule has 0 bridgehead atoms. The lowest BCUT2D eigenvalue weighted by atomic mass is 10.0. The molecule has 2 aromatic heterocycles. The van der Waals surface area contributed by atoms with Gasteiger partial charge in [-0.25, -0.2) is 19.9 Å². The van der Waals surface area contributed by atoms with Crippen LogP contribution >= 0.6 is 0 Å². The van der Waals surface area contributed by atoms with Crippen molar-refractivity contribution in [1.82, 2.24) is 30.6 Å². The molecule has 9 heteroatoms. The summed E-state index contributed by atoms with van der Waals surface area (Å²) in [7, 11) is 0. The van der Waals surface area contributed by atoms with E-state index in [0.29, 0.717) is 46.0 Å². The van der Waals surface area contributed by atoms with Crippen LogP contribution in [-0.4, -0.2) is 49.9 Å². The highest BCUT2D eigenvalue weighted by Gasteiger charge is 2.21. The average molecular weight is 586 g/mol. The molecule has 4 N–H and O–H groups in total. The lowest BCUT2D eigenvalue weighted by molar-refractivity contribution is 0.0936. The van der Waals surface area contributed by atoms with Crippen molar-refractivity contribution in [1.29, 1.82) is 0 Å². The first-order chi connectivity index (χ1) is 21.1. The standard InChI is InChI=1S/C35H35N7O2/c1-19-13-24(32-30(15-19)39-26-9-5-7-11-28(26)41-32)34(43)37-21(3)17-23(36)18-22(4)38-35(44)25-14-20(2)16-31-33(25)42-29-12-8-6-10-27(29)40-31/h5-16,21-23H,17-18,36H2,1-4H3,(H,37,43)(H,38,44). The summed E-state index contributed by atoms with van der Waals surface area (Å²) in [4.78, 5) is 45.7. The third kappa shape index (κ3) is 6.05. The topological polar surface area (TPSA) is 136 Å². The van der Waals surface area contributed by atoms with E-state index in [-0.39, 0.29) is 29.9 Å². The first kappa shape index (κ1) is 29.1. The van der Waals surface area contributed by atoms with Crippen molar-refractivity contribution in [2.24, 2.45) is 5.73 Å². The maximum atomic E-state index is 13.4. The quantitative estimate of drug-likeness (QED) is 0.200. The molecular formula is C35H35N7O2. The summed E-state index contributed by atoms with van der Waals surface area (Å²) in [5.41, 5.74) is 14.9. The molecule has 0 radical (unpaired) electrons. The van der Waals surface area contributed by atoms with Gasteiger partial charge in [0.15, 0.2) is 0 Å². The molecule has 222 valence electrons. The zero-order valence-electron chi connectivity index (χ0n) is 25.3. The summed E-state index contributed by atoms with van der Waals surface area (Å²) in [6.07, 6.45) is 1.07. The number of rotatable bonds is 8. The van der Waals surface area contributed by atoms with Gasteiger partial charge in [0.2, 0.25) is 0 Å². The summed E-state index contributed by atoms with van der Waals surface area (Å²) in [5, 5.41) is 6.17. The Kier molecular flexibility index (Phi) is 7.88. The lowest BCUT2D eigenvalue weighted by Crippen LogP contribution is -2.41. The Hall–Kier alpha value is -5.02. The fourth-order valence-electron chi connectivity index (χ4n) is 5.80. The maximum absolute atomic E-state index is 13.4. The van der Waals surface area contributed by atoms with Gasteiger partial charge < -0.3 is 16.4 Å². The fraction of sp³-hybridized carbons (Fsp3) is 0.257. The van der Waals surface area contributed by atoms with Gasteiger partial charge in [-0.1, -0.05) is 24.3 Å². The van der Waals surface area contributed by atoms with Gasteiger partial charge in [-0.05, 0) is 100 Å². The highest BCUT2D eigenvalue weighted by Crippen LogP contribution is 2.23. The fourth-order valence-corrected chi connectivity index (χ4v) is 5.80. The van der Waals surface area contributed by atoms with Crippen molar-refractivity contribution in [2.75, 3.05) is 0 Å². The van der Waals surface area contributed by atoms with Gasteiger partial charge >= 0.3 is 0 Å². The number of nitrogens with zero attached hydrogens (tertiary/aromatic N) is 4. The predicted molar refractivity (Wildman–Crippen MR) is 175 cm³/mol. The van der Waals surface area contributed by atoms with Gasteiger partial charge in [-0.3, -0.25) is 9.59 Å². The normalized spacial score (nSPS) is 13.7. The molecule has 0 fully saturated rings. The molecule has 0 saturated carbocycles. The lowest BCUT2D eigenvalue weighted by Gasteiger charge is -2.22. The molecule has 0 aliphatic heterocycles. The third-order valence-corrected chi connectivity index (χ3v) is 7.73. The van der Waals surface area contributed by atoms with Crippen molar-refractivity contribution in [3.05, 3.63) is 95.1 Å². The van der Waals surface area contributed by atoms with E-state index < -0.39 is 0 Å². The molecule has 0 spiro atoms. The highest BCUT2D eigenvalue weighted by atomic mass is 16.2. The van der Waals surface area contributed by atoms with E-state index in [0.717, 1.165) is 33.2 Å². The minimum Gasteiger partial charge on any atom is -0.349 e. The third-order valence-electron chi connectivity index (χ3n) is 7.73. The second-order valence-electron chi connectivity index (χ2n) is 11.8. The number of nitrogens with two attached hydrogens (primary N) is 1. The zero-order chi connectivity index (χ0) is 31.0. The minimum atomic E-state index is -0.253. The van der Waals surface area contributed by atoms with Crippen molar-refractivity contribution in [3.63, 3.8) is 0 Å². The minimum absolute atomic E-state index is 0.200. The van der Waals surface area contributed by atoms with Crippen LogP contribution in [0.1, 0.15) is 58.5 Å². The monoisotopic (exact) mass is 585 g/mol. The van der Waals surface area contributed by atoms with Crippen molar-refractivity contribution < 1.29 is 9.59 Å². The summed E-state index contributed by atoms with van der Waals surface area (Å²) in [5.74, 6) is -0.436. The molecule has 2 amide bonds. The Morgan fingerprint density at radius 3 is 1.36 bits per heavy atom. The highest BCUT2D eigenvalue weighted by molar-refractivity contribution is 6.07. The van der Waals surface area contributed by atoms with E-state index >= 15 is 0 Å². The zero-order valence-corrected chi connectivity index (χ0v) is 25.3. The molecule has 44 heavy (non-hydrogen) atoms. The Bertz CT molecular complexity index is 1910. The number of hydrogen-bond donors (Lipinski definition) is 3. The summed E-state index contributed by atoms with van der Waals surface area (Å²) in [6, 6.07) is 22.2. The number of para-hydroxylation sites is 4. The molecule has 6 aromatic rings. The first-order valence-corrected chi connectivity index (χ1v) is 14.9. The summed E-state index contributed by atoms with van der Waals surface area (Å²) < 4.78 is 0. The van der Waals surface area contributed by atoms with Crippen LogP contribution in [0.15, 0.2) is 72.8 Å². The van der Waals surface area contributed by atoms with Gasteiger partial charge in [0.05, 0.1) is 44.2 Å². The Morgan fingerprint density at radius 2 is 0.977 bits per heavy atom. The maximum Gasteiger partial charge on any atom is 0.253 e. The van der Waals surface area contributed by atoms with Crippen LogP contribution in [0.4, 0.5) is 0 Å². The van der Waals surface area contributed by atoms with Crippen molar-refractivity contribution in [3.8, 4) is 0 Å². The molecule has 9 nitrogen and oxygen atoms in total. The van der Waals surface area contributed by atoms with E-state index in [9.17, 15) is 9.59 Å². The average Bonchev–Trinajstić information content (AvgIpc) is 2.97. The molecule has 4 aromatic carbocycles. The van der Waals surface area contributed by atoms with E-state index in [2.05, 4.69) is 10.6 Å². The smallest absolute Gasteiger partial charge is 0.253 e. The van der Waals surface area contributed by atoms with Crippen LogP contribution in [0, 0.1) is 13.8 Å². The molecule has 2 atom stereocenters. The van der Waals surface area contributed by atoms with Crippen LogP contribution in [0.3, 0.4) is 0 Å². The number of amides is 2. The number of aryl methyl sites for hydroxylation is 2. The SMILES string of the molecule is Cc1cc(C(=O)NC(C)CC(N)CC(C)NC(=O)c2cc(C)cc3nc4ccccc4nc23)c2nc3ccccc3nc2c1. The van der Waals surface area contributed by atoms with Crippen molar-refractivity contribution in [2.45, 2.75) is 58.7 Å². The molecule has 2 heterocycles. The number of aromatic nitrogens is 4. The Balaban J connectivity index is 1.11. The predicted octanol–water partition coefficient (Wildman–Crippen LogP) is 5.54. The van der Waals surface area contributed by atoms with Gasteiger partial charge in [0, 0.05) is 18.1 Å². The van der Waals surface area contributed by atoms with Gasteiger partial charge in [-0.15, -0.1) is 0 Å². The second kappa shape index (κ2) is 11.9.